The normalized spacial score (nSPS) is 21.2. The molecule has 0 aliphatic carbocycles. The van der Waals surface area contributed by atoms with E-state index in [1.165, 1.54) is 18.5 Å². The Bertz CT molecular complexity index is 1760. The SMILES string of the molecule is Cc1nc2c(cc1Cl)C(C(C)(C)c1ncnn1C)OC21CCN(C(=O)[C@H](CC(C#N)N(C)C2CCOCC2)[C@@H](C)c2ccc(F)cc2F)CC1. The molecular formula is C37H46ClF2N7O3. The van der Waals surface area contributed by atoms with Gasteiger partial charge in [-0.1, -0.05) is 24.6 Å². The summed E-state index contributed by atoms with van der Waals surface area (Å²) >= 11 is 6.63. The van der Waals surface area contributed by atoms with Crippen LogP contribution in [0.15, 0.2) is 30.6 Å². The Labute approximate surface area is 297 Å². The molecule has 0 bridgehead atoms. The molecule has 3 aliphatic heterocycles. The smallest absolute Gasteiger partial charge is 0.226 e. The molecular weight excluding hydrogens is 664 g/mol. The minimum atomic E-state index is -0.759. The van der Waals surface area contributed by atoms with Crippen LogP contribution in [-0.2, 0) is 32.3 Å². The number of nitriles is 1. The summed E-state index contributed by atoms with van der Waals surface area (Å²) in [5.41, 5.74) is 1.34. The van der Waals surface area contributed by atoms with Crippen LogP contribution in [0.2, 0.25) is 5.02 Å². The van der Waals surface area contributed by atoms with Crippen LogP contribution in [-0.4, -0.2) is 80.9 Å². The van der Waals surface area contributed by atoms with E-state index in [1.807, 2.05) is 36.9 Å². The van der Waals surface area contributed by atoms with Gasteiger partial charge in [0, 0.05) is 56.9 Å². The number of carbonyl (C=O) groups excluding carboxylic acids is 1. The summed E-state index contributed by atoms with van der Waals surface area (Å²) in [5.74, 6) is -2.12. The standard InChI is InChI=1S/C37H46ClF2N7O3/c1-22(27-8-7-24(39)17-31(27)40)28(18-26(20-41)45(5)25-9-15-49-16-10-25)34(48)47-13-11-37(12-14-47)32-29(19-30(38)23(2)44-32)33(50-37)36(3,4)35-42-21-43-46(35)6/h7-8,17,19,21-22,25-26,28,33H,9-16,18H2,1-6H3/t22-,26?,28+,33?/m0/s1. The average Bonchev–Trinajstić information content (AvgIpc) is 3.67. The Morgan fingerprint density at radius 3 is 2.54 bits per heavy atom. The summed E-state index contributed by atoms with van der Waals surface area (Å²) in [4.78, 5) is 28.0. The van der Waals surface area contributed by atoms with Gasteiger partial charge in [0.15, 0.2) is 0 Å². The van der Waals surface area contributed by atoms with Crippen molar-refractivity contribution in [1.82, 2.24) is 29.5 Å². The number of halogens is 3. The fraction of sp³-hybridized carbons (Fsp3) is 0.595. The maximum Gasteiger partial charge on any atom is 0.226 e. The Morgan fingerprint density at radius 1 is 1.22 bits per heavy atom. The Hall–Kier alpha value is -3.50. The molecule has 2 unspecified atom stereocenters. The van der Waals surface area contributed by atoms with E-state index in [0.29, 0.717) is 49.9 Å². The first kappa shape index (κ1) is 36.3. The van der Waals surface area contributed by atoms with E-state index in [9.17, 15) is 14.4 Å². The molecule has 2 aromatic heterocycles. The molecule has 4 atom stereocenters. The molecule has 268 valence electrons. The molecule has 1 spiro atoms. The molecule has 0 radical (unpaired) electrons. The van der Waals surface area contributed by atoms with E-state index in [4.69, 9.17) is 26.1 Å². The van der Waals surface area contributed by atoms with Crippen molar-refractivity contribution in [1.29, 1.82) is 5.26 Å². The topological polar surface area (TPSA) is 109 Å². The molecule has 1 amide bonds. The van der Waals surface area contributed by atoms with E-state index in [1.54, 1.807) is 11.6 Å². The number of pyridine rings is 1. The van der Waals surface area contributed by atoms with Crippen LogP contribution in [0, 0.1) is 35.8 Å². The van der Waals surface area contributed by atoms with E-state index in [0.717, 1.165) is 36.0 Å². The van der Waals surface area contributed by atoms with Gasteiger partial charge in [0.1, 0.15) is 29.4 Å². The second-order valence-electron chi connectivity index (χ2n) is 14.7. The number of hydrogen-bond donors (Lipinski definition) is 0. The second-order valence-corrected chi connectivity index (χ2v) is 15.1. The third-order valence-corrected chi connectivity index (χ3v) is 11.7. The van der Waals surface area contributed by atoms with Gasteiger partial charge in [-0.05, 0) is 83.5 Å². The summed E-state index contributed by atoms with van der Waals surface area (Å²) in [5, 5.41) is 15.2. The number of hydrogen-bond acceptors (Lipinski definition) is 8. The van der Waals surface area contributed by atoms with Crippen molar-refractivity contribution in [2.75, 3.05) is 33.4 Å². The Kier molecular flexibility index (Phi) is 10.3. The number of likely N-dealkylation sites (tertiary alicyclic amines) is 1. The largest absolute Gasteiger partial charge is 0.381 e. The van der Waals surface area contributed by atoms with Crippen LogP contribution < -0.4 is 0 Å². The lowest BCUT2D eigenvalue weighted by Crippen LogP contribution is -2.50. The van der Waals surface area contributed by atoms with Crippen molar-refractivity contribution in [3.05, 3.63) is 75.6 Å². The van der Waals surface area contributed by atoms with Gasteiger partial charge in [0.2, 0.25) is 5.91 Å². The number of carbonyl (C=O) groups is 1. The van der Waals surface area contributed by atoms with E-state index < -0.39 is 46.6 Å². The second kappa shape index (κ2) is 14.3. The first-order valence-corrected chi connectivity index (χ1v) is 17.8. The summed E-state index contributed by atoms with van der Waals surface area (Å²) < 4.78 is 43.5. The Balaban J connectivity index is 1.28. The predicted molar refractivity (Wildman–Crippen MR) is 183 cm³/mol. The lowest BCUT2D eigenvalue weighted by atomic mass is 9.80. The number of benzene rings is 1. The van der Waals surface area contributed by atoms with Gasteiger partial charge < -0.3 is 14.4 Å². The molecule has 1 aromatic carbocycles. The molecule has 3 aliphatic rings. The van der Waals surface area contributed by atoms with Crippen LogP contribution in [0.3, 0.4) is 0 Å². The zero-order valence-electron chi connectivity index (χ0n) is 29.6. The number of aromatic nitrogens is 4. The van der Waals surface area contributed by atoms with E-state index >= 15 is 4.39 Å². The third-order valence-electron chi connectivity index (χ3n) is 11.3. The highest BCUT2D eigenvalue weighted by atomic mass is 35.5. The fourth-order valence-corrected chi connectivity index (χ4v) is 8.38. The van der Waals surface area contributed by atoms with Gasteiger partial charge in [0.25, 0.3) is 0 Å². The molecule has 0 N–H and O–H groups in total. The Morgan fingerprint density at radius 2 is 1.92 bits per heavy atom. The van der Waals surface area contributed by atoms with Crippen LogP contribution in [0.1, 0.15) is 93.2 Å². The number of amides is 1. The zero-order chi connectivity index (χ0) is 36.0. The number of fused-ring (bicyclic) bond motifs is 2. The van der Waals surface area contributed by atoms with Gasteiger partial charge in [0.05, 0.1) is 40.0 Å². The lowest BCUT2D eigenvalue weighted by Gasteiger charge is -2.42. The van der Waals surface area contributed by atoms with Gasteiger partial charge >= 0.3 is 0 Å². The first-order valence-electron chi connectivity index (χ1n) is 17.4. The van der Waals surface area contributed by atoms with Crippen molar-refractivity contribution in [2.45, 2.75) is 94.9 Å². The zero-order valence-corrected chi connectivity index (χ0v) is 30.4. The molecule has 2 saturated heterocycles. The number of ether oxygens (including phenoxy) is 2. The highest BCUT2D eigenvalue weighted by molar-refractivity contribution is 6.31. The van der Waals surface area contributed by atoms with E-state index in [2.05, 4.69) is 30.0 Å². The van der Waals surface area contributed by atoms with Crippen molar-refractivity contribution in [3.63, 3.8) is 0 Å². The average molecular weight is 710 g/mol. The molecule has 3 aromatic rings. The summed E-state index contributed by atoms with van der Waals surface area (Å²) in [6.45, 7) is 9.79. The summed E-state index contributed by atoms with van der Waals surface area (Å²) in [6, 6.07) is 7.40. The highest BCUT2D eigenvalue weighted by Gasteiger charge is 2.54. The van der Waals surface area contributed by atoms with Crippen molar-refractivity contribution in [3.8, 4) is 6.07 Å². The molecule has 10 nitrogen and oxygen atoms in total. The predicted octanol–water partition coefficient (Wildman–Crippen LogP) is 6.13. The molecule has 2 fully saturated rings. The van der Waals surface area contributed by atoms with Crippen LogP contribution in [0.25, 0.3) is 0 Å². The number of piperidine rings is 1. The first-order chi connectivity index (χ1) is 23.8. The molecule has 50 heavy (non-hydrogen) atoms. The van der Waals surface area contributed by atoms with Crippen molar-refractivity contribution < 1.29 is 23.0 Å². The lowest BCUT2D eigenvalue weighted by molar-refractivity contribution is -0.152. The van der Waals surface area contributed by atoms with Gasteiger partial charge in [-0.3, -0.25) is 19.4 Å². The fourth-order valence-electron chi connectivity index (χ4n) is 8.22. The quantitative estimate of drug-likeness (QED) is 0.261. The summed E-state index contributed by atoms with van der Waals surface area (Å²) in [6.07, 6.45) is 3.87. The van der Waals surface area contributed by atoms with E-state index in [-0.39, 0.29) is 23.9 Å². The minimum absolute atomic E-state index is 0.139. The van der Waals surface area contributed by atoms with Gasteiger partial charge in [-0.25, -0.2) is 13.8 Å². The number of nitrogens with zero attached hydrogens (tertiary/aromatic N) is 7. The monoisotopic (exact) mass is 709 g/mol. The maximum atomic E-state index is 15.2. The number of aryl methyl sites for hydroxylation is 2. The molecule has 5 heterocycles. The third kappa shape index (κ3) is 6.65. The van der Waals surface area contributed by atoms with Gasteiger partial charge in [-0.2, -0.15) is 10.4 Å². The molecule has 13 heteroatoms. The number of rotatable bonds is 9. The maximum absolute atomic E-state index is 15.2. The van der Waals surface area contributed by atoms with Crippen molar-refractivity contribution >= 4 is 17.5 Å². The highest BCUT2D eigenvalue weighted by Crippen LogP contribution is 2.55. The van der Waals surface area contributed by atoms with Crippen LogP contribution in [0.4, 0.5) is 8.78 Å². The minimum Gasteiger partial charge on any atom is -0.381 e. The molecule has 0 saturated carbocycles. The molecule has 6 rings (SSSR count). The van der Waals surface area contributed by atoms with Crippen LogP contribution >= 0.6 is 11.6 Å². The van der Waals surface area contributed by atoms with Crippen LogP contribution in [0.5, 0.6) is 0 Å². The summed E-state index contributed by atoms with van der Waals surface area (Å²) in [7, 11) is 3.77. The van der Waals surface area contributed by atoms with Crippen molar-refractivity contribution in [2.24, 2.45) is 13.0 Å². The van der Waals surface area contributed by atoms with Gasteiger partial charge in [-0.15, -0.1) is 0 Å².